The van der Waals surface area contributed by atoms with Crippen LogP contribution in [0.15, 0.2) is 18.2 Å². The first-order valence-electron chi connectivity index (χ1n) is 8.85. The van der Waals surface area contributed by atoms with Crippen molar-refractivity contribution in [2.45, 2.75) is 45.0 Å². The third-order valence-electron chi connectivity index (χ3n) is 4.14. The maximum absolute atomic E-state index is 12.8. The quantitative estimate of drug-likeness (QED) is 0.754. The van der Waals surface area contributed by atoms with E-state index in [9.17, 15) is 13.2 Å². The van der Waals surface area contributed by atoms with E-state index in [-0.39, 0.29) is 11.7 Å². The van der Waals surface area contributed by atoms with Gasteiger partial charge in [0, 0.05) is 19.6 Å². The molecule has 0 aromatic heterocycles. The van der Waals surface area contributed by atoms with Gasteiger partial charge in [0.05, 0.1) is 15.8 Å². The molecule has 1 N–H and O–H groups in total. The molecule has 1 aliphatic rings. The predicted molar refractivity (Wildman–Crippen MR) is 108 cm³/mol. The van der Waals surface area contributed by atoms with Gasteiger partial charge >= 0.3 is 6.09 Å². The van der Waals surface area contributed by atoms with Gasteiger partial charge in [0.2, 0.25) is 10.0 Å². The van der Waals surface area contributed by atoms with Crippen LogP contribution in [0.25, 0.3) is 0 Å². The van der Waals surface area contributed by atoms with Crippen molar-refractivity contribution in [1.82, 2.24) is 9.62 Å². The van der Waals surface area contributed by atoms with Crippen LogP contribution < -0.4 is 5.32 Å². The molecule has 1 saturated heterocycles. The van der Waals surface area contributed by atoms with E-state index in [1.54, 1.807) is 39.0 Å². The van der Waals surface area contributed by atoms with Crippen LogP contribution in [0.5, 0.6) is 0 Å². The van der Waals surface area contributed by atoms with E-state index in [1.165, 1.54) is 4.31 Å². The zero-order valence-corrected chi connectivity index (χ0v) is 18.1. The standard InChI is InChI=1S/C18H26Cl2N2O4S/c1-18(2,3)26-17(23)21-10-14-5-4-8-22(11-14)27(24,25)12-13-6-7-15(19)16(20)9-13/h6-7,9,14H,4-5,8,10-12H2,1-3H3,(H,21,23)/t14-/m0/s1. The first-order valence-corrected chi connectivity index (χ1v) is 11.2. The molecule has 0 aliphatic carbocycles. The zero-order chi connectivity index (χ0) is 20.2. The molecule has 1 aromatic carbocycles. The molecule has 6 nitrogen and oxygen atoms in total. The van der Waals surface area contributed by atoms with Crippen molar-refractivity contribution >= 4 is 39.3 Å². The summed E-state index contributed by atoms with van der Waals surface area (Å²) >= 11 is 11.9. The molecule has 0 radical (unpaired) electrons. The maximum atomic E-state index is 12.8. The second-order valence-electron chi connectivity index (χ2n) is 7.75. The molecule has 2 rings (SSSR count). The normalized spacial score (nSPS) is 18.9. The molecular weight excluding hydrogens is 411 g/mol. The van der Waals surface area contributed by atoms with Crippen LogP contribution in [-0.4, -0.2) is 44.1 Å². The molecule has 1 heterocycles. The molecule has 1 aliphatic heterocycles. The van der Waals surface area contributed by atoms with Crippen molar-refractivity contribution < 1.29 is 17.9 Å². The minimum atomic E-state index is -3.48. The van der Waals surface area contributed by atoms with Crippen molar-refractivity contribution in [1.29, 1.82) is 0 Å². The number of nitrogens with zero attached hydrogens (tertiary/aromatic N) is 1. The van der Waals surface area contributed by atoms with E-state index < -0.39 is 21.7 Å². The smallest absolute Gasteiger partial charge is 0.407 e. The third-order valence-corrected chi connectivity index (χ3v) is 6.70. The monoisotopic (exact) mass is 436 g/mol. The number of ether oxygens (including phenoxy) is 1. The first-order chi connectivity index (χ1) is 12.5. The van der Waals surface area contributed by atoms with Gasteiger partial charge in [0.25, 0.3) is 0 Å². The van der Waals surface area contributed by atoms with Gasteiger partial charge in [-0.1, -0.05) is 29.3 Å². The number of alkyl carbamates (subject to hydrolysis) is 1. The van der Waals surface area contributed by atoms with E-state index >= 15 is 0 Å². The fourth-order valence-corrected chi connectivity index (χ4v) is 4.87. The topological polar surface area (TPSA) is 75.7 Å². The largest absolute Gasteiger partial charge is 0.444 e. The summed E-state index contributed by atoms with van der Waals surface area (Å²) in [5, 5.41) is 3.46. The Bertz CT molecular complexity index is 778. The minimum Gasteiger partial charge on any atom is -0.444 e. The fraction of sp³-hybridized carbons (Fsp3) is 0.611. The van der Waals surface area contributed by atoms with Crippen LogP contribution in [0.1, 0.15) is 39.2 Å². The molecule has 9 heteroatoms. The lowest BCUT2D eigenvalue weighted by atomic mass is 10.00. The molecule has 1 atom stereocenters. The van der Waals surface area contributed by atoms with E-state index in [4.69, 9.17) is 27.9 Å². The van der Waals surface area contributed by atoms with Crippen LogP contribution >= 0.6 is 23.2 Å². The molecule has 1 fully saturated rings. The Hall–Kier alpha value is -1.02. The average molecular weight is 437 g/mol. The van der Waals surface area contributed by atoms with Crippen LogP contribution in [0.2, 0.25) is 10.0 Å². The van der Waals surface area contributed by atoms with Gasteiger partial charge in [-0.2, -0.15) is 0 Å². The number of amides is 1. The highest BCUT2D eigenvalue weighted by atomic mass is 35.5. The van der Waals surface area contributed by atoms with Gasteiger partial charge < -0.3 is 10.1 Å². The van der Waals surface area contributed by atoms with E-state index in [2.05, 4.69) is 5.32 Å². The number of rotatable bonds is 5. The summed E-state index contributed by atoms with van der Waals surface area (Å²) in [5.74, 6) is -0.0781. The van der Waals surface area contributed by atoms with E-state index in [1.807, 2.05) is 0 Å². The summed E-state index contributed by atoms with van der Waals surface area (Å²) in [7, 11) is -3.48. The van der Waals surface area contributed by atoms with Gasteiger partial charge in [-0.3, -0.25) is 0 Å². The van der Waals surface area contributed by atoms with E-state index in [0.29, 0.717) is 35.2 Å². The summed E-state index contributed by atoms with van der Waals surface area (Å²) in [6.45, 7) is 6.62. The van der Waals surface area contributed by atoms with Crippen LogP contribution in [0.4, 0.5) is 4.79 Å². The van der Waals surface area contributed by atoms with Crippen molar-refractivity contribution in [2.75, 3.05) is 19.6 Å². The molecule has 0 bridgehead atoms. The molecule has 0 saturated carbocycles. The van der Waals surface area contributed by atoms with Crippen molar-refractivity contribution in [3.63, 3.8) is 0 Å². The molecule has 0 unspecified atom stereocenters. The number of halogens is 2. The summed E-state index contributed by atoms with van der Waals surface area (Å²) < 4.78 is 32.2. The average Bonchev–Trinajstić information content (AvgIpc) is 2.55. The SMILES string of the molecule is CC(C)(C)OC(=O)NC[C@@H]1CCCN(S(=O)(=O)Cc2ccc(Cl)c(Cl)c2)C1. The highest BCUT2D eigenvalue weighted by Gasteiger charge is 2.29. The summed E-state index contributed by atoms with van der Waals surface area (Å²) in [6.07, 6.45) is 1.12. The Morgan fingerprint density at radius 3 is 2.63 bits per heavy atom. The Morgan fingerprint density at radius 1 is 1.30 bits per heavy atom. The number of hydrogen-bond donors (Lipinski definition) is 1. The van der Waals surface area contributed by atoms with Gasteiger partial charge in [-0.25, -0.2) is 17.5 Å². The molecule has 1 amide bonds. The fourth-order valence-electron chi connectivity index (χ4n) is 2.92. The second-order valence-corrected chi connectivity index (χ2v) is 10.5. The molecule has 0 spiro atoms. The number of carbonyl (C=O) groups excluding carboxylic acids is 1. The van der Waals surface area contributed by atoms with Crippen LogP contribution in [0.3, 0.4) is 0 Å². The molecule has 1 aromatic rings. The number of carbonyl (C=O) groups is 1. The predicted octanol–water partition coefficient (Wildman–Crippen LogP) is 4.06. The Labute approximate surface area is 171 Å². The number of sulfonamides is 1. The number of nitrogens with one attached hydrogen (secondary N) is 1. The van der Waals surface area contributed by atoms with Crippen LogP contribution in [0, 0.1) is 5.92 Å². The van der Waals surface area contributed by atoms with Gasteiger partial charge in [-0.05, 0) is 57.2 Å². The number of benzene rings is 1. The zero-order valence-electron chi connectivity index (χ0n) is 15.8. The van der Waals surface area contributed by atoms with Crippen molar-refractivity contribution in [3.05, 3.63) is 33.8 Å². The Kier molecular flexibility index (Phi) is 7.41. The number of piperidine rings is 1. The molecule has 152 valence electrons. The number of hydrogen-bond acceptors (Lipinski definition) is 4. The lowest BCUT2D eigenvalue weighted by Gasteiger charge is -2.32. The second kappa shape index (κ2) is 8.99. The van der Waals surface area contributed by atoms with Crippen molar-refractivity contribution in [2.24, 2.45) is 5.92 Å². The lowest BCUT2D eigenvalue weighted by molar-refractivity contribution is 0.0513. The molecular formula is C18H26Cl2N2O4S. The Balaban J connectivity index is 1.93. The van der Waals surface area contributed by atoms with Crippen LogP contribution in [-0.2, 0) is 20.5 Å². The summed E-state index contributed by atoms with van der Waals surface area (Å²) in [4.78, 5) is 11.8. The summed E-state index contributed by atoms with van der Waals surface area (Å²) in [6, 6.07) is 4.84. The first kappa shape index (κ1) is 22.3. The minimum absolute atomic E-state index is 0.0508. The highest BCUT2D eigenvalue weighted by molar-refractivity contribution is 7.88. The van der Waals surface area contributed by atoms with E-state index in [0.717, 1.165) is 12.8 Å². The maximum Gasteiger partial charge on any atom is 0.407 e. The summed E-state index contributed by atoms with van der Waals surface area (Å²) in [5.41, 5.74) is 0.0321. The van der Waals surface area contributed by atoms with Gasteiger partial charge in [0.15, 0.2) is 0 Å². The Morgan fingerprint density at radius 2 is 2.00 bits per heavy atom. The van der Waals surface area contributed by atoms with Gasteiger partial charge in [0.1, 0.15) is 5.60 Å². The lowest BCUT2D eigenvalue weighted by Crippen LogP contribution is -2.44. The van der Waals surface area contributed by atoms with Crippen molar-refractivity contribution in [3.8, 4) is 0 Å². The van der Waals surface area contributed by atoms with Gasteiger partial charge in [-0.15, -0.1) is 0 Å². The third kappa shape index (κ3) is 7.14. The highest BCUT2D eigenvalue weighted by Crippen LogP contribution is 2.25. The molecule has 27 heavy (non-hydrogen) atoms.